The summed E-state index contributed by atoms with van der Waals surface area (Å²) in [7, 11) is 0. The lowest BCUT2D eigenvalue weighted by molar-refractivity contribution is -0.174. The minimum atomic E-state index is -5.16. The number of hydrogen-bond donors (Lipinski definition) is 2. The van der Waals surface area contributed by atoms with E-state index in [1.807, 2.05) is 0 Å². The van der Waals surface area contributed by atoms with Crippen LogP contribution in [0.25, 0.3) is 0 Å². The molecule has 0 atom stereocenters. The van der Waals surface area contributed by atoms with Gasteiger partial charge in [0.05, 0.1) is 25.4 Å². The fraction of sp³-hybridized carbons (Fsp3) is 0.286. The van der Waals surface area contributed by atoms with Crippen LogP contribution in [0.15, 0.2) is 42.5 Å². The second kappa shape index (κ2) is 10.5. The van der Waals surface area contributed by atoms with Crippen LogP contribution in [0.1, 0.15) is 15.9 Å². The highest BCUT2D eigenvalue weighted by atomic mass is 19.4. The number of amides is 4. The van der Waals surface area contributed by atoms with E-state index in [1.165, 1.54) is 34.6 Å². The molecule has 2 aromatic carbocycles. The van der Waals surface area contributed by atoms with Crippen molar-refractivity contribution in [3.8, 4) is 0 Å². The fourth-order valence-electron chi connectivity index (χ4n) is 3.08. The smallest absolute Gasteiger partial charge is 0.378 e. The average molecular weight is 486 g/mol. The molecule has 1 heterocycles. The van der Waals surface area contributed by atoms with Gasteiger partial charge in [0.2, 0.25) is 0 Å². The van der Waals surface area contributed by atoms with Gasteiger partial charge >= 0.3 is 18.1 Å². The van der Waals surface area contributed by atoms with E-state index in [2.05, 4.69) is 0 Å². The first-order valence-corrected chi connectivity index (χ1v) is 9.92. The summed E-state index contributed by atoms with van der Waals surface area (Å²) < 4.78 is 69.7. The molecule has 0 aliphatic carbocycles. The molecule has 0 aromatic heterocycles. The van der Waals surface area contributed by atoms with Crippen molar-refractivity contribution in [2.45, 2.75) is 12.7 Å². The summed E-state index contributed by atoms with van der Waals surface area (Å²) in [4.78, 5) is 38.4. The summed E-state index contributed by atoms with van der Waals surface area (Å²) >= 11 is 0. The van der Waals surface area contributed by atoms with E-state index in [4.69, 9.17) is 4.74 Å². The Morgan fingerprint density at radius 2 is 1.62 bits per heavy atom. The van der Waals surface area contributed by atoms with Crippen molar-refractivity contribution in [3.05, 3.63) is 65.2 Å². The Kier molecular flexibility index (Phi) is 7.66. The van der Waals surface area contributed by atoms with Gasteiger partial charge in [-0.2, -0.15) is 13.2 Å². The van der Waals surface area contributed by atoms with Crippen LogP contribution in [0.5, 0.6) is 0 Å². The summed E-state index contributed by atoms with van der Waals surface area (Å²) in [6.07, 6.45) is -5.16. The zero-order valence-electron chi connectivity index (χ0n) is 17.5. The average Bonchev–Trinajstić information content (AvgIpc) is 2.81. The maximum absolute atomic E-state index is 14.5. The van der Waals surface area contributed by atoms with Gasteiger partial charge in [0.25, 0.3) is 5.91 Å². The minimum absolute atomic E-state index is 0.0785. The zero-order valence-corrected chi connectivity index (χ0v) is 17.5. The summed E-state index contributed by atoms with van der Waals surface area (Å²) in [6, 6.07) is 7.58. The number of halogens is 5. The topological polar surface area (TPSA) is 91.0 Å². The van der Waals surface area contributed by atoms with Gasteiger partial charge < -0.3 is 9.64 Å². The molecule has 2 N–H and O–H groups in total. The van der Waals surface area contributed by atoms with E-state index < -0.39 is 35.7 Å². The fourth-order valence-corrected chi connectivity index (χ4v) is 3.08. The minimum Gasteiger partial charge on any atom is -0.378 e. The molecule has 1 aliphatic heterocycles. The second-order valence-corrected chi connectivity index (χ2v) is 7.17. The summed E-state index contributed by atoms with van der Waals surface area (Å²) in [5.41, 5.74) is 3.09. The van der Waals surface area contributed by atoms with Crippen LogP contribution < -0.4 is 15.8 Å². The van der Waals surface area contributed by atoms with Crippen LogP contribution in [0, 0.1) is 11.6 Å². The highest BCUT2D eigenvalue weighted by molar-refractivity contribution is 5.96. The van der Waals surface area contributed by atoms with E-state index in [9.17, 15) is 36.3 Å². The number of rotatable bonds is 4. The van der Waals surface area contributed by atoms with Crippen molar-refractivity contribution in [1.29, 1.82) is 0 Å². The number of hydrogen-bond acceptors (Lipinski definition) is 4. The number of alkyl halides is 3. The molecule has 0 radical (unpaired) electrons. The van der Waals surface area contributed by atoms with Gasteiger partial charge in [0.15, 0.2) is 0 Å². The number of morpholine rings is 1. The number of nitrogens with zero attached hydrogens (tertiary/aromatic N) is 2. The zero-order chi connectivity index (χ0) is 24.9. The molecule has 1 aliphatic rings. The number of benzene rings is 2. The maximum Gasteiger partial charge on any atom is 0.472 e. The standard InChI is InChI=1S/C21H19F5N4O4/c22-15-5-6-17(16(23)11-15)30(20(33)29-7-9-34-10-8-29)12-13-1-3-14(4-2-13)18(31)27-28-19(32)21(24,25)26/h1-6,11H,7-10,12H2,(H,27,31)(H,28,32). The predicted octanol–water partition coefficient (Wildman–Crippen LogP) is 2.75. The predicted molar refractivity (Wildman–Crippen MR) is 108 cm³/mol. The van der Waals surface area contributed by atoms with E-state index in [0.717, 1.165) is 17.0 Å². The Hall–Kier alpha value is -3.74. The number of carbonyl (C=O) groups excluding carboxylic acids is 3. The molecule has 0 unspecified atom stereocenters. The summed E-state index contributed by atoms with van der Waals surface area (Å²) in [5, 5.41) is 0. The van der Waals surface area contributed by atoms with Crippen LogP contribution in [0.3, 0.4) is 0 Å². The quantitative estimate of drug-likeness (QED) is 0.514. The Morgan fingerprint density at radius 1 is 0.971 bits per heavy atom. The van der Waals surface area contributed by atoms with Gasteiger partial charge in [-0.15, -0.1) is 0 Å². The number of carbonyl (C=O) groups is 3. The Morgan fingerprint density at radius 3 is 2.21 bits per heavy atom. The molecule has 182 valence electrons. The normalized spacial score (nSPS) is 13.9. The highest BCUT2D eigenvalue weighted by Gasteiger charge is 2.39. The van der Waals surface area contributed by atoms with Crippen molar-refractivity contribution in [3.63, 3.8) is 0 Å². The molecule has 8 nitrogen and oxygen atoms in total. The molecular formula is C21H19F5N4O4. The van der Waals surface area contributed by atoms with Gasteiger partial charge in [0.1, 0.15) is 11.6 Å². The van der Waals surface area contributed by atoms with E-state index in [1.54, 1.807) is 5.43 Å². The molecule has 13 heteroatoms. The molecule has 0 saturated carbocycles. The van der Waals surface area contributed by atoms with Crippen molar-refractivity contribution in [2.24, 2.45) is 0 Å². The van der Waals surface area contributed by atoms with Crippen molar-refractivity contribution < 1.29 is 41.1 Å². The molecular weight excluding hydrogens is 467 g/mol. The summed E-state index contributed by atoms with van der Waals surface area (Å²) in [6.45, 7) is 1.02. The SMILES string of the molecule is O=C(NNC(=O)C(F)(F)F)c1ccc(CN(C(=O)N2CCOCC2)c2ccc(F)cc2F)cc1. The van der Waals surface area contributed by atoms with E-state index >= 15 is 0 Å². The molecule has 0 bridgehead atoms. The molecule has 2 aromatic rings. The molecule has 3 rings (SSSR count). The van der Waals surface area contributed by atoms with Gasteiger partial charge in [-0.25, -0.2) is 13.6 Å². The molecule has 1 saturated heterocycles. The first-order valence-electron chi connectivity index (χ1n) is 9.92. The molecule has 4 amide bonds. The Bertz CT molecular complexity index is 1060. The highest BCUT2D eigenvalue weighted by Crippen LogP contribution is 2.24. The largest absolute Gasteiger partial charge is 0.472 e. The van der Waals surface area contributed by atoms with E-state index in [0.29, 0.717) is 24.8 Å². The van der Waals surface area contributed by atoms with Crippen LogP contribution >= 0.6 is 0 Å². The van der Waals surface area contributed by atoms with Gasteiger partial charge in [-0.1, -0.05) is 12.1 Å². The van der Waals surface area contributed by atoms with Gasteiger partial charge in [0, 0.05) is 24.7 Å². The van der Waals surface area contributed by atoms with Crippen molar-refractivity contribution in [1.82, 2.24) is 15.8 Å². The lowest BCUT2D eigenvalue weighted by atomic mass is 10.1. The third-order valence-corrected chi connectivity index (χ3v) is 4.82. The Balaban J connectivity index is 1.76. The third kappa shape index (κ3) is 6.19. The monoisotopic (exact) mass is 486 g/mol. The first-order chi connectivity index (χ1) is 16.1. The number of ether oxygens (including phenoxy) is 1. The van der Waals surface area contributed by atoms with Crippen LogP contribution in [-0.2, 0) is 16.1 Å². The van der Waals surface area contributed by atoms with E-state index in [-0.39, 0.29) is 30.9 Å². The van der Waals surface area contributed by atoms with Crippen molar-refractivity contribution in [2.75, 3.05) is 31.2 Å². The van der Waals surface area contributed by atoms with Crippen LogP contribution in [0.4, 0.5) is 32.4 Å². The number of anilines is 1. The van der Waals surface area contributed by atoms with Gasteiger partial charge in [-0.05, 0) is 29.8 Å². The number of nitrogens with one attached hydrogen (secondary N) is 2. The molecule has 34 heavy (non-hydrogen) atoms. The van der Waals surface area contributed by atoms with Crippen LogP contribution in [-0.4, -0.2) is 55.2 Å². The third-order valence-electron chi connectivity index (χ3n) is 4.82. The van der Waals surface area contributed by atoms with Crippen LogP contribution in [0.2, 0.25) is 0 Å². The maximum atomic E-state index is 14.5. The number of urea groups is 1. The van der Waals surface area contributed by atoms with Crippen molar-refractivity contribution >= 4 is 23.5 Å². The number of hydrazine groups is 1. The summed E-state index contributed by atoms with van der Waals surface area (Å²) in [5.74, 6) is -5.10. The molecule has 1 fully saturated rings. The molecule has 0 spiro atoms. The lowest BCUT2D eigenvalue weighted by Gasteiger charge is -2.33. The first kappa shape index (κ1) is 24.9. The van der Waals surface area contributed by atoms with Gasteiger partial charge in [-0.3, -0.25) is 25.3 Å². The second-order valence-electron chi connectivity index (χ2n) is 7.17. The lowest BCUT2D eigenvalue weighted by Crippen LogP contribution is -2.48. The Labute approximate surface area is 190 Å².